The molecule has 0 atom stereocenters. The lowest BCUT2D eigenvalue weighted by Crippen LogP contribution is -2.32. The van der Waals surface area contributed by atoms with Crippen molar-refractivity contribution in [3.05, 3.63) is 86.6 Å². The molecule has 0 aliphatic rings. The van der Waals surface area contributed by atoms with Gasteiger partial charge in [0.25, 0.3) is 0 Å². The molecule has 0 aliphatic heterocycles. The van der Waals surface area contributed by atoms with Crippen LogP contribution in [0.3, 0.4) is 0 Å². The fourth-order valence-electron chi connectivity index (χ4n) is 2.77. The Bertz CT molecular complexity index is 1200. The van der Waals surface area contributed by atoms with Crippen LogP contribution >= 0.6 is 31.9 Å². The van der Waals surface area contributed by atoms with Crippen LogP contribution in [0.5, 0.6) is 11.5 Å². The first-order chi connectivity index (χ1) is 16.4. The molecule has 0 unspecified atom stereocenters. The minimum absolute atomic E-state index is 0.0162. The zero-order valence-corrected chi connectivity index (χ0v) is 21.2. The van der Waals surface area contributed by atoms with Gasteiger partial charge in [0.15, 0.2) is 11.5 Å². The lowest BCUT2D eigenvalue weighted by molar-refractivity contribution is -0.136. The van der Waals surface area contributed by atoms with E-state index in [1.165, 1.54) is 12.3 Å². The number of ether oxygens (including phenoxy) is 2. The summed E-state index contributed by atoms with van der Waals surface area (Å²) in [5, 5.41) is 6.31. The average Bonchev–Trinajstić information content (AvgIpc) is 2.81. The van der Waals surface area contributed by atoms with Crippen LogP contribution < -0.4 is 20.2 Å². The molecule has 0 fully saturated rings. The number of rotatable bonds is 8. The number of halogens is 3. The number of hydrogen-bond acceptors (Lipinski definition) is 5. The Balaban J connectivity index is 1.65. The van der Waals surface area contributed by atoms with Gasteiger partial charge in [0.1, 0.15) is 12.4 Å². The fraction of sp³-hybridized carbons (Fsp3) is 0.125. The number of carbonyl (C=O) groups is 2. The first-order valence-corrected chi connectivity index (χ1v) is 11.7. The summed E-state index contributed by atoms with van der Waals surface area (Å²) in [6, 6.07) is 16.5. The van der Waals surface area contributed by atoms with E-state index in [1.807, 2.05) is 6.92 Å². The molecule has 0 aliphatic carbocycles. The smallest absolute Gasteiger partial charge is 0.329 e. The lowest BCUT2D eigenvalue weighted by atomic mass is 10.2. The normalized spacial score (nSPS) is 10.7. The predicted octanol–water partition coefficient (Wildman–Crippen LogP) is 5.42. The number of hydrogen-bond donors (Lipinski definition) is 2. The molecule has 0 bridgehead atoms. The molecule has 0 heterocycles. The zero-order valence-electron chi connectivity index (χ0n) is 18.0. The Labute approximate surface area is 212 Å². The van der Waals surface area contributed by atoms with E-state index >= 15 is 0 Å². The molecule has 0 saturated heterocycles. The minimum Gasteiger partial charge on any atom is -0.490 e. The fourth-order valence-corrected chi connectivity index (χ4v) is 3.61. The van der Waals surface area contributed by atoms with E-state index in [2.05, 4.69) is 47.7 Å². The Hall–Kier alpha value is -3.24. The molecule has 3 aromatic rings. The number of nitrogens with zero attached hydrogens (tertiary/aromatic N) is 1. The number of benzene rings is 3. The van der Waals surface area contributed by atoms with Crippen molar-refractivity contribution in [2.75, 3.05) is 11.9 Å². The monoisotopic (exact) mass is 591 g/mol. The molecule has 0 radical (unpaired) electrons. The molecule has 0 aromatic heterocycles. The van der Waals surface area contributed by atoms with Crippen molar-refractivity contribution in [3.8, 4) is 11.5 Å². The number of hydrazone groups is 1. The third kappa shape index (κ3) is 7.13. The largest absolute Gasteiger partial charge is 0.490 e. The number of amides is 2. The molecule has 0 spiro atoms. The third-order valence-electron chi connectivity index (χ3n) is 4.35. The highest BCUT2D eigenvalue weighted by molar-refractivity contribution is 9.10. The summed E-state index contributed by atoms with van der Waals surface area (Å²) in [5.74, 6) is -1.32. The Morgan fingerprint density at radius 3 is 2.47 bits per heavy atom. The van der Waals surface area contributed by atoms with E-state index in [4.69, 9.17) is 9.47 Å². The number of nitrogens with one attached hydrogen (secondary N) is 2. The van der Waals surface area contributed by atoms with Gasteiger partial charge in [0.2, 0.25) is 0 Å². The van der Waals surface area contributed by atoms with E-state index < -0.39 is 11.8 Å². The molecule has 3 aromatic carbocycles. The number of carbonyl (C=O) groups excluding carboxylic acids is 2. The van der Waals surface area contributed by atoms with Crippen LogP contribution in [-0.4, -0.2) is 24.6 Å². The Morgan fingerprint density at radius 1 is 1.03 bits per heavy atom. The maximum atomic E-state index is 13.9. The minimum atomic E-state index is -0.923. The lowest BCUT2D eigenvalue weighted by Gasteiger charge is -2.15. The maximum absolute atomic E-state index is 13.9. The topological polar surface area (TPSA) is 89.0 Å². The van der Waals surface area contributed by atoms with Crippen molar-refractivity contribution in [2.24, 2.45) is 5.10 Å². The SMILES string of the molecule is CCOc1cc(/C=N/NC(=O)C(=O)Nc2ccc(Br)cc2)cc(Br)c1OCc1ccccc1F. The van der Waals surface area contributed by atoms with E-state index in [0.29, 0.717) is 39.4 Å². The van der Waals surface area contributed by atoms with Crippen LogP contribution in [-0.2, 0) is 16.2 Å². The molecule has 10 heteroatoms. The van der Waals surface area contributed by atoms with Gasteiger partial charge < -0.3 is 14.8 Å². The Kier molecular flexibility index (Phi) is 9.17. The van der Waals surface area contributed by atoms with Crippen LogP contribution in [0.1, 0.15) is 18.1 Å². The van der Waals surface area contributed by atoms with E-state index in [9.17, 15) is 14.0 Å². The first-order valence-electron chi connectivity index (χ1n) is 10.1. The van der Waals surface area contributed by atoms with Gasteiger partial charge in [0, 0.05) is 15.7 Å². The predicted molar refractivity (Wildman–Crippen MR) is 135 cm³/mol. The number of anilines is 1. The van der Waals surface area contributed by atoms with Gasteiger partial charge in [-0.1, -0.05) is 34.1 Å². The van der Waals surface area contributed by atoms with Gasteiger partial charge >= 0.3 is 11.8 Å². The van der Waals surface area contributed by atoms with Crippen molar-refractivity contribution >= 4 is 55.6 Å². The average molecular weight is 593 g/mol. The molecule has 2 amide bonds. The van der Waals surface area contributed by atoms with Gasteiger partial charge in [-0.25, -0.2) is 9.82 Å². The Morgan fingerprint density at radius 2 is 1.76 bits per heavy atom. The summed E-state index contributed by atoms with van der Waals surface area (Å²) >= 11 is 6.73. The van der Waals surface area contributed by atoms with Gasteiger partial charge in [0.05, 0.1) is 17.3 Å². The summed E-state index contributed by atoms with van der Waals surface area (Å²) in [5.41, 5.74) is 3.64. The van der Waals surface area contributed by atoms with Crippen LogP contribution in [0.2, 0.25) is 0 Å². The second-order valence-electron chi connectivity index (χ2n) is 6.80. The summed E-state index contributed by atoms with van der Waals surface area (Å²) in [6.07, 6.45) is 1.36. The van der Waals surface area contributed by atoms with Crippen LogP contribution in [0, 0.1) is 5.82 Å². The first kappa shape index (κ1) is 25.4. The molecule has 0 saturated carbocycles. The molecular formula is C24H20Br2FN3O4. The molecule has 2 N–H and O–H groups in total. The van der Waals surface area contributed by atoms with E-state index in [1.54, 1.807) is 54.6 Å². The van der Waals surface area contributed by atoms with E-state index in [-0.39, 0.29) is 12.4 Å². The molecular weight excluding hydrogens is 573 g/mol. The zero-order chi connectivity index (χ0) is 24.5. The van der Waals surface area contributed by atoms with Gasteiger partial charge in [-0.3, -0.25) is 9.59 Å². The summed E-state index contributed by atoms with van der Waals surface area (Å²) in [6.45, 7) is 2.21. The maximum Gasteiger partial charge on any atom is 0.329 e. The summed E-state index contributed by atoms with van der Waals surface area (Å²) in [7, 11) is 0. The van der Waals surface area contributed by atoms with Crippen LogP contribution in [0.4, 0.5) is 10.1 Å². The highest BCUT2D eigenvalue weighted by Crippen LogP contribution is 2.37. The van der Waals surface area contributed by atoms with Crippen molar-refractivity contribution in [1.29, 1.82) is 0 Å². The molecule has 34 heavy (non-hydrogen) atoms. The highest BCUT2D eigenvalue weighted by Gasteiger charge is 2.15. The highest BCUT2D eigenvalue weighted by atomic mass is 79.9. The molecule has 3 rings (SSSR count). The van der Waals surface area contributed by atoms with Crippen molar-refractivity contribution < 1.29 is 23.5 Å². The second kappa shape index (κ2) is 12.3. The summed E-state index contributed by atoms with van der Waals surface area (Å²) < 4.78 is 26.8. The van der Waals surface area contributed by atoms with E-state index in [0.717, 1.165) is 4.47 Å². The molecule has 176 valence electrons. The molecule has 7 nitrogen and oxygen atoms in total. The van der Waals surface area contributed by atoms with Crippen LogP contribution in [0.25, 0.3) is 0 Å². The third-order valence-corrected chi connectivity index (χ3v) is 5.47. The van der Waals surface area contributed by atoms with Gasteiger partial charge in [-0.15, -0.1) is 0 Å². The standard InChI is InChI=1S/C24H20Br2FN3O4/c1-2-33-21-12-15(11-19(26)22(21)34-14-16-5-3-4-6-20(16)27)13-28-30-24(32)23(31)29-18-9-7-17(25)8-10-18/h3-13H,2,14H2,1H3,(H,29,31)(H,30,32)/b28-13+. The quantitative estimate of drug-likeness (QED) is 0.208. The van der Waals surface area contributed by atoms with Gasteiger partial charge in [-0.2, -0.15) is 5.10 Å². The van der Waals surface area contributed by atoms with Gasteiger partial charge in [-0.05, 0) is 70.9 Å². The van der Waals surface area contributed by atoms with Crippen molar-refractivity contribution in [1.82, 2.24) is 5.43 Å². The summed E-state index contributed by atoms with van der Waals surface area (Å²) in [4.78, 5) is 24.0. The van der Waals surface area contributed by atoms with Crippen molar-refractivity contribution in [2.45, 2.75) is 13.5 Å². The van der Waals surface area contributed by atoms with Crippen LogP contribution in [0.15, 0.2) is 74.7 Å². The van der Waals surface area contributed by atoms with Crippen molar-refractivity contribution in [3.63, 3.8) is 0 Å². The second-order valence-corrected chi connectivity index (χ2v) is 8.57.